The zero-order chi connectivity index (χ0) is 13.2. The molecule has 1 aromatic heterocycles. The van der Waals surface area contributed by atoms with Crippen molar-refractivity contribution >= 4 is 0 Å². The summed E-state index contributed by atoms with van der Waals surface area (Å²) in [6, 6.07) is 6.02. The highest BCUT2D eigenvalue weighted by Gasteiger charge is 2.13. The third kappa shape index (κ3) is 2.42. The van der Waals surface area contributed by atoms with Crippen LogP contribution < -0.4 is 15.2 Å². The maximum atomic E-state index is 5.55. The molecule has 0 spiro atoms. The van der Waals surface area contributed by atoms with Crippen LogP contribution in [-0.2, 0) is 13.0 Å². The highest BCUT2D eigenvalue weighted by molar-refractivity contribution is 5.44. The molecule has 0 atom stereocenters. The Morgan fingerprint density at radius 2 is 2.16 bits per heavy atom. The van der Waals surface area contributed by atoms with Gasteiger partial charge in [-0.15, -0.1) is 0 Å². The second-order valence-electron chi connectivity index (χ2n) is 4.63. The number of ether oxygens (including phenoxy) is 2. The van der Waals surface area contributed by atoms with Gasteiger partial charge < -0.3 is 19.8 Å². The average Bonchev–Trinajstić information content (AvgIpc) is 2.97. The first kappa shape index (κ1) is 12.0. The molecule has 2 heterocycles. The molecular weight excluding hydrogens is 242 g/mol. The van der Waals surface area contributed by atoms with Crippen LogP contribution in [0.3, 0.4) is 0 Å². The number of benzene rings is 1. The number of imidazole rings is 1. The molecule has 1 aliphatic heterocycles. The number of rotatable bonds is 4. The van der Waals surface area contributed by atoms with Gasteiger partial charge in [0.2, 0.25) is 6.79 Å². The molecule has 2 N–H and O–H groups in total. The lowest BCUT2D eigenvalue weighted by atomic mass is 10.2. The monoisotopic (exact) mass is 259 g/mol. The molecule has 100 valence electrons. The minimum absolute atomic E-state index is 0.309. The summed E-state index contributed by atoms with van der Waals surface area (Å²) in [6.07, 6.45) is 2.88. The number of hydrogen-bond acceptors (Lipinski definition) is 4. The van der Waals surface area contributed by atoms with Crippen molar-refractivity contribution in [1.82, 2.24) is 9.55 Å². The van der Waals surface area contributed by atoms with Crippen LogP contribution in [0, 0.1) is 6.92 Å². The Kier molecular flexibility index (Phi) is 3.13. The second kappa shape index (κ2) is 4.93. The summed E-state index contributed by atoms with van der Waals surface area (Å²) in [5, 5.41) is 0. The minimum Gasteiger partial charge on any atom is -0.454 e. The standard InChI is InChI=1S/C14H17N3O2/c1-10-16-12(4-5-15)8-17(10)7-11-2-3-13-14(6-11)19-9-18-13/h2-3,6,8H,4-5,7,9,15H2,1H3. The number of nitrogens with two attached hydrogens (primary N) is 1. The van der Waals surface area contributed by atoms with Crippen LogP contribution >= 0.6 is 0 Å². The SMILES string of the molecule is Cc1nc(CCN)cn1Cc1ccc2c(c1)OCO2. The third-order valence-corrected chi connectivity index (χ3v) is 3.22. The fourth-order valence-electron chi connectivity index (χ4n) is 2.24. The van der Waals surface area contributed by atoms with Crippen LogP contribution in [0.1, 0.15) is 17.1 Å². The molecule has 0 aliphatic carbocycles. The van der Waals surface area contributed by atoms with Gasteiger partial charge in [0.1, 0.15) is 5.82 Å². The molecule has 1 aromatic carbocycles. The topological polar surface area (TPSA) is 62.3 Å². The van der Waals surface area contributed by atoms with Crippen LogP contribution in [0.4, 0.5) is 0 Å². The Hall–Kier alpha value is -2.01. The van der Waals surface area contributed by atoms with Gasteiger partial charge in [0, 0.05) is 19.2 Å². The lowest BCUT2D eigenvalue weighted by Gasteiger charge is -2.06. The van der Waals surface area contributed by atoms with Crippen molar-refractivity contribution in [1.29, 1.82) is 0 Å². The highest BCUT2D eigenvalue weighted by atomic mass is 16.7. The van der Waals surface area contributed by atoms with E-state index in [0.717, 1.165) is 36.0 Å². The molecule has 3 rings (SSSR count). The summed E-state index contributed by atoms with van der Waals surface area (Å²) in [4.78, 5) is 4.50. The van der Waals surface area contributed by atoms with Crippen LogP contribution in [0.2, 0.25) is 0 Å². The number of aryl methyl sites for hydroxylation is 1. The van der Waals surface area contributed by atoms with Crippen LogP contribution in [0.25, 0.3) is 0 Å². The molecule has 0 radical (unpaired) electrons. The molecule has 0 fully saturated rings. The number of nitrogens with zero attached hydrogens (tertiary/aromatic N) is 2. The van der Waals surface area contributed by atoms with Crippen molar-refractivity contribution in [3.63, 3.8) is 0 Å². The van der Waals surface area contributed by atoms with Gasteiger partial charge in [-0.25, -0.2) is 4.98 Å². The van der Waals surface area contributed by atoms with E-state index >= 15 is 0 Å². The van der Waals surface area contributed by atoms with Crippen molar-refractivity contribution in [3.05, 3.63) is 41.5 Å². The normalized spacial score (nSPS) is 12.9. The van der Waals surface area contributed by atoms with Gasteiger partial charge >= 0.3 is 0 Å². The molecule has 0 bridgehead atoms. The summed E-state index contributed by atoms with van der Waals surface area (Å²) in [7, 11) is 0. The second-order valence-corrected chi connectivity index (χ2v) is 4.63. The van der Waals surface area contributed by atoms with Crippen LogP contribution in [0.15, 0.2) is 24.4 Å². The average molecular weight is 259 g/mol. The van der Waals surface area contributed by atoms with Crippen molar-refractivity contribution < 1.29 is 9.47 Å². The van der Waals surface area contributed by atoms with Gasteiger partial charge in [-0.2, -0.15) is 0 Å². The zero-order valence-corrected chi connectivity index (χ0v) is 10.9. The molecule has 1 aliphatic rings. The van der Waals surface area contributed by atoms with E-state index in [1.54, 1.807) is 0 Å². The van der Waals surface area contributed by atoms with Crippen molar-refractivity contribution in [3.8, 4) is 11.5 Å². The van der Waals surface area contributed by atoms with Gasteiger partial charge in [-0.1, -0.05) is 6.07 Å². The number of aromatic nitrogens is 2. The molecule has 0 unspecified atom stereocenters. The largest absolute Gasteiger partial charge is 0.454 e. The van der Waals surface area contributed by atoms with E-state index in [1.807, 2.05) is 19.1 Å². The predicted octanol–water partition coefficient (Wildman–Crippen LogP) is 1.47. The Morgan fingerprint density at radius 3 is 3.00 bits per heavy atom. The van der Waals surface area contributed by atoms with E-state index in [9.17, 15) is 0 Å². The molecule has 0 saturated heterocycles. The summed E-state index contributed by atoms with van der Waals surface area (Å²) in [6.45, 7) is 3.72. The fourth-order valence-corrected chi connectivity index (χ4v) is 2.24. The van der Waals surface area contributed by atoms with E-state index in [1.165, 1.54) is 5.56 Å². The number of hydrogen-bond donors (Lipinski definition) is 1. The summed E-state index contributed by atoms with van der Waals surface area (Å²) < 4.78 is 12.8. The summed E-state index contributed by atoms with van der Waals surface area (Å²) in [5.74, 6) is 2.63. The molecule has 5 nitrogen and oxygen atoms in total. The lowest BCUT2D eigenvalue weighted by Crippen LogP contribution is -2.02. The Morgan fingerprint density at radius 1 is 1.32 bits per heavy atom. The smallest absolute Gasteiger partial charge is 0.231 e. The Balaban J connectivity index is 1.81. The first-order valence-electron chi connectivity index (χ1n) is 6.37. The highest BCUT2D eigenvalue weighted by Crippen LogP contribution is 2.32. The molecule has 5 heteroatoms. The summed E-state index contributed by atoms with van der Waals surface area (Å²) >= 11 is 0. The summed E-state index contributed by atoms with van der Waals surface area (Å²) in [5.41, 5.74) is 7.77. The van der Waals surface area contributed by atoms with Gasteiger partial charge in [-0.05, 0) is 31.2 Å². The minimum atomic E-state index is 0.309. The van der Waals surface area contributed by atoms with E-state index in [4.69, 9.17) is 15.2 Å². The lowest BCUT2D eigenvalue weighted by molar-refractivity contribution is 0.174. The van der Waals surface area contributed by atoms with Crippen molar-refractivity contribution in [2.24, 2.45) is 5.73 Å². The maximum Gasteiger partial charge on any atom is 0.231 e. The Labute approximate surface area is 112 Å². The van der Waals surface area contributed by atoms with Crippen molar-refractivity contribution in [2.45, 2.75) is 19.9 Å². The van der Waals surface area contributed by atoms with Crippen molar-refractivity contribution in [2.75, 3.05) is 13.3 Å². The van der Waals surface area contributed by atoms with Gasteiger partial charge in [0.05, 0.1) is 5.69 Å². The third-order valence-electron chi connectivity index (χ3n) is 3.22. The predicted molar refractivity (Wildman–Crippen MR) is 71.4 cm³/mol. The molecule has 0 saturated carbocycles. The Bertz CT molecular complexity index is 592. The van der Waals surface area contributed by atoms with E-state index < -0.39 is 0 Å². The molecular formula is C14H17N3O2. The van der Waals surface area contributed by atoms with Crippen LogP contribution in [0.5, 0.6) is 11.5 Å². The van der Waals surface area contributed by atoms with E-state index in [2.05, 4.69) is 21.8 Å². The van der Waals surface area contributed by atoms with E-state index in [0.29, 0.717) is 13.3 Å². The van der Waals surface area contributed by atoms with Gasteiger partial charge in [0.15, 0.2) is 11.5 Å². The molecule has 19 heavy (non-hydrogen) atoms. The van der Waals surface area contributed by atoms with E-state index in [-0.39, 0.29) is 0 Å². The van der Waals surface area contributed by atoms with Gasteiger partial charge in [-0.3, -0.25) is 0 Å². The quantitative estimate of drug-likeness (QED) is 0.903. The van der Waals surface area contributed by atoms with Gasteiger partial charge in [0.25, 0.3) is 0 Å². The first-order chi connectivity index (χ1) is 9.26. The molecule has 2 aromatic rings. The first-order valence-corrected chi connectivity index (χ1v) is 6.37. The fraction of sp³-hybridized carbons (Fsp3) is 0.357. The number of fused-ring (bicyclic) bond motifs is 1. The molecule has 0 amide bonds. The zero-order valence-electron chi connectivity index (χ0n) is 10.9. The maximum absolute atomic E-state index is 5.55. The van der Waals surface area contributed by atoms with Crippen LogP contribution in [-0.4, -0.2) is 22.9 Å².